The van der Waals surface area contributed by atoms with E-state index in [-0.39, 0.29) is 39.1 Å². The minimum atomic E-state index is -1.94. The third kappa shape index (κ3) is 10.3. The molecule has 3 aliphatic rings. The van der Waals surface area contributed by atoms with Crippen molar-refractivity contribution in [1.82, 2.24) is 45.0 Å². The third-order valence-corrected chi connectivity index (χ3v) is 12.8. The van der Waals surface area contributed by atoms with E-state index in [0.717, 1.165) is 44.4 Å². The summed E-state index contributed by atoms with van der Waals surface area (Å²) in [6.07, 6.45) is 6.79. The van der Waals surface area contributed by atoms with E-state index in [1.807, 2.05) is 55.7 Å². The van der Waals surface area contributed by atoms with E-state index in [4.69, 9.17) is 4.74 Å². The lowest BCUT2D eigenvalue weighted by atomic mass is 9.84. The highest BCUT2D eigenvalue weighted by Gasteiger charge is 2.48. The molecule has 66 heavy (non-hydrogen) atoms. The standard InChI is InChI=1S/C50H63N9O7/c1-9-58-41-18-17-35-25-37(41)38(44(58)36-27-51-31-52-28-36)26-49(4,5)30-66-47(63)39-15-11-21-59(54-39)46(62)40(24-33-13-10-14-34(35)23-33)53-45(61)43(32(2)3)56(8)48(64)50(65)19-22-57(29-50)42(60)16-12-20-55(6)7/h10,13-14,17-18,23,25,27-28,31-32,39-40,43,54,65H,9,11,15,19-22,24,26,29-30H2,1-8H3,(H,53,61)/t39-,40-,43-,50?/m0/s1. The van der Waals surface area contributed by atoms with E-state index < -0.39 is 64.7 Å². The fourth-order valence-electron chi connectivity index (χ4n) is 9.51. The highest BCUT2D eigenvalue weighted by atomic mass is 16.5. The lowest BCUT2D eigenvalue weighted by Gasteiger charge is -2.37. The van der Waals surface area contributed by atoms with Crippen molar-refractivity contribution in [1.29, 1.82) is 0 Å². The van der Waals surface area contributed by atoms with Gasteiger partial charge in [0.05, 0.1) is 25.4 Å². The average molecular weight is 902 g/mol. The summed E-state index contributed by atoms with van der Waals surface area (Å²) in [5.74, 6) is 2.22. The van der Waals surface area contributed by atoms with Crippen LogP contribution in [0.3, 0.4) is 0 Å². The molecule has 4 amide bonds. The number of amides is 4. The van der Waals surface area contributed by atoms with Gasteiger partial charge >= 0.3 is 5.97 Å². The van der Waals surface area contributed by atoms with Gasteiger partial charge in [0, 0.05) is 73.8 Å². The molecule has 4 atom stereocenters. The lowest BCUT2D eigenvalue weighted by molar-refractivity contribution is -0.156. The molecule has 5 heterocycles. The number of ether oxygens (including phenoxy) is 1. The number of hydrogen-bond acceptors (Lipinski definition) is 11. The van der Waals surface area contributed by atoms with Gasteiger partial charge in [-0.1, -0.05) is 63.9 Å². The predicted octanol–water partition coefficient (Wildman–Crippen LogP) is 3.45. The molecule has 2 fully saturated rings. The minimum Gasteiger partial charge on any atom is -0.464 e. The first kappa shape index (κ1) is 47.8. The molecule has 0 radical (unpaired) electrons. The number of hydrogen-bond donors (Lipinski definition) is 3. The van der Waals surface area contributed by atoms with E-state index in [2.05, 4.69) is 76.1 Å². The van der Waals surface area contributed by atoms with E-state index in [9.17, 15) is 29.1 Å². The van der Waals surface area contributed by atoms with Crippen molar-refractivity contribution in [3.8, 4) is 34.2 Å². The number of rotatable bonds is 8. The molecule has 7 rings (SSSR count). The Morgan fingerprint density at radius 2 is 1.77 bits per heavy atom. The summed E-state index contributed by atoms with van der Waals surface area (Å²) in [4.78, 5) is 83.1. The second kappa shape index (κ2) is 19.8. The molecule has 0 saturated carbocycles. The number of aliphatic hydroxyl groups is 1. The summed E-state index contributed by atoms with van der Waals surface area (Å²) in [5.41, 5.74) is 7.38. The van der Waals surface area contributed by atoms with Crippen molar-refractivity contribution in [3.63, 3.8) is 0 Å². The number of carbonyl (C=O) groups excluding carboxylic acids is 5. The monoisotopic (exact) mass is 901 g/mol. The SMILES string of the molecule is CCn1c(-c2cncnc2)c2c3cc(ccc31)-c1cccc(c1)C[C@H](NC(=O)[C@H](C(C)C)N(C)C(=O)C1(O)CCN(C(=O)C#CCN(C)C)C1)C(=O)N1CCC[C@H](N1)C(=O)OCC(C)(C)C2. The molecular weight excluding hydrogens is 839 g/mol. The Balaban J connectivity index is 1.22. The summed E-state index contributed by atoms with van der Waals surface area (Å²) in [6, 6.07) is 11.3. The number of aryl methyl sites for hydroxylation is 1. The van der Waals surface area contributed by atoms with E-state index in [1.54, 1.807) is 13.8 Å². The van der Waals surface area contributed by atoms with Gasteiger partial charge in [0.25, 0.3) is 17.7 Å². The maximum Gasteiger partial charge on any atom is 0.324 e. The van der Waals surface area contributed by atoms with Gasteiger partial charge in [-0.2, -0.15) is 0 Å². The Morgan fingerprint density at radius 1 is 1.03 bits per heavy atom. The summed E-state index contributed by atoms with van der Waals surface area (Å²) in [5, 5.41) is 17.1. The molecule has 0 aliphatic carbocycles. The fraction of sp³-hybridized carbons (Fsp3) is 0.500. The number of nitrogens with zero attached hydrogens (tertiary/aromatic N) is 7. The van der Waals surface area contributed by atoms with Crippen molar-refractivity contribution < 1.29 is 33.8 Å². The Kier molecular flexibility index (Phi) is 14.3. The number of likely N-dealkylation sites (tertiary alicyclic amines) is 1. The highest BCUT2D eigenvalue weighted by molar-refractivity contribution is 5.98. The van der Waals surface area contributed by atoms with Crippen LogP contribution in [0, 0.1) is 23.2 Å². The Morgan fingerprint density at radius 3 is 2.48 bits per heavy atom. The third-order valence-electron chi connectivity index (χ3n) is 12.8. The van der Waals surface area contributed by atoms with Crippen LogP contribution in [0.15, 0.2) is 61.2 Å². The number of β-amino-alcohol motifs (C(OH)–C–C–N with tert-alkyl or cyclic N) is 1. The van der Waals surface area contributed by atoms with Crippen LogP contribution in [0.1, 0.15) is 65.0 Å². The lowest BCUT2D eigenvalue weighted by Crippen LogP contribution is -2.63. The number of benzene rings is 2. The van der Waals surface area contributed by atoms with Crippen LogP contribution in [0.25, 0.3) is 33.3 Å². The molecule has 350 valence electrons. The van der Waals surface area contributed by atoms with Crippen molar-refractivity contribution in [2.24, 2.45) is 11.3 Å². The molecule has 16 heteroatoms. The molecule has 3 aliphatic heterocycles. The van der Waals surface area contributed by atoms with Crippen molar-refractivity contribution in [2.45, 2.75) is 97.0 Å². The zero-order chi connectivity index (χ0) is 47.5. The van der Waals surface area contributed by atoms with E-state index in [1.165, 1.54) is 28.2 Å². The second-order valence-corrected chi connectivity index (χ2v) is 19.3. The van der Waals surface area contributed by atoms with Crippen LogP contribution in [0.4, 0.5) is 0 Å². The molecule has 2 saturated heterocycles. The van der Waals surface area contributed by atoms with Gasteiger partial charge in [-0.25, -0.2) is 15.4 Å². The Labute approximate surface area is 387 Å². The number of aromatic nitrogens is 3. The van der Waals surface area contributed by atoms with Crippen LogP contribution < -0.4 is 10.7 Å². The van der Waals surface area contributed by atoms with Crippen LogP contribution in [-0.4, -0.2) is 147 Å². The van der Waals surface area contributed by atoms with Gasteiger partial charge in [0.15, 0.2) is 5.60 Å². The summed E-state index contributed by atoms with van der Waals surface area (Å²) in [7, 11) is 5.12. The average Bonchev–Trinajstić information content (AvgIpc) is 3.85. The molecule has 3 N–H and O–H groups in total. The number of fused-ring (bicyclic) bond motifs is 6. The summed E-state index contributed by atoms with van der Waals surface area (Å²) in [6.45, 7) is 11.2. The molecule has 16 nitrogen and oxygen atoms in total. The minimum absolute atomic E-state index is 0.0231. The smallest absolute Gasteiger partial charge is 0.324 e. The van der Waals surface area contributed by atoms with E-state index in [0.29, 0.717) is 32.4 Å². The van der Waals surface area contributed by atoms with Gasteiger partial charge in [0.1, 0.15) is 24.5 Å². The van der Waals surface area contributed by atoms with Crippen molar-refractivity contribution in [3.05, 3.63) is 72.3 Å². The molecule has 0 spiro atoms. The number of carbonyl (C=O) groups is 5. The number of esters is 1. The number of likely N-dealkylation sites (N-methyl/N-ethyl adjacent to an activating group) is 1. The first-order valence-corrected chi connectivity index (χ1v) is 22.9. The molecule has 1 unspecified atom stereocenters. The van der Waals surface area contributed by atoms with Gasteiger partial charge in [-0.3, -0.25) is 33.9 Å². The topological polar surface area (TPSA) is 183 Å². The number of nitrogens with one attached hydrogen (secondary N) is 2. The van der Waals surface area contributed by atoms with Crippen LogP contribution >= 0.6 is 0 Å². The first-order valence-electron chi connectivity index (χ1n) is 22.9. The predicted molar refractivity (Wildman–Crippen MR) is 250 cm³/mol. The number of cyclic esters (lactones) is 1. The summed E-state index contributed by atoms with van der Waals surface area (Å²) >= 11 is 0. The molecule has 6 bridgehead atoms. The van der Waals surface area contributed by atoms with Crippen LogP contribution in [-0.2, 0) is 48.1 Å². The highest BCUT2D eigenvalue weighted by Crippen LogP contribution is 2.40. The first-order chi connectivity index (χ1) is 31.4. The van der Waals surface area contributed by atoms with Crippen LogP contribution in [0.2, 0.25) is 0 Å². The molecule has 2 aromatic heterocycles. The summed E-state index contributed by atoms with van der Waals surface area (Å²) < 4.78 is 8.33. The zero-order valence-corrected chi connectivity index (χ0v) is 39.4. The largest absolute Gasteiger partial charge is 0.464 e. The quantitative estimate of drug-likeness (QED) is 0.174. The molecular formula is C50H63N9O7. The maximum absolute atomic E-state index is 14.7. The van der Waals surface area contributed by atoms with Gasteiger partial charge in [-0.05, 0) is 86.5 Å². The normalized spacial score (nSPS) is 21.5. The Bertz CT molecular complexity index is 2540. The Hall–Kier alpha value is -6.15. The van der Waals surface area contributed by atoms with Crippen molar-refractivity contribution in [2.75, 3.05) is 53.9 Å². The second-order valence-electron chi connectivity index (χ2n) is 19.3. The fourth-order valence-corrected chi connectivity index (χ4v) is 9.51. The van der Waals surface area contributed by atoms with Gasteiger partial charge < -0.3 is 29.5 Å². The van der Waals surface area contributed by atoms with Crippen molar-refractivity contribution >= 4 is 40.5 Å². The molecule has 2 aromatic carbocycles. The zero-order valence-electron chi connectivity index (χ0n) is 39.4. The van der Waals surface area contributed by atoms with E-state index >= 15 is 0 Å². The van der Waals surface area contributed by atoms with Crippen LogP contribution in [0.5, 0.6) is 0 Å². The molecule has 4 aromatic rings. The van der Waals surface area contributed by atoms with Gasteiger partial charge in [-0.15, -0.1) is 0 Å². The number of hydrazine groups is 1. The maximum atomic E-state index is 14.7. The van der Waals surface area contributed by atoms with Gasteiger partial charge in [0.2, 0.25) is 5.91 Å².